The van der Waals surface area contributed by atoms with Gasteiger partial charge in [-0.3, -0.25) is 0 Å². The Balaban J connectivity index is 3.15. The van der Waals surface area contributed by atoms with Crippen LogP contribution in [0.25, 0.3) is 0 Å². The number of hydrogen-bond donors (Lipinski definition) is 1. The summed E-state index contributed by atoms with van der Waals surface area (Å²) in [5, 5.41) is 2.91. The van der Waals surface area contributed by atoms with Crippen LogP contribution >= 0.6 is 0 Å². The maximum absolute atomic E-state index is 12.4. The highest BCUT2D eigenvalue weighted by Crippen LogP contribution is 2.36. The van der Waals surface area contributed by atoms with Gasteiger partial charge in [0.1, 0.15) is 0 Å². The van der Waals surface area contributed by atoms with Gasteiger partial charge in [0.05, 0.1) is 6.61 Å². The van der Waals surface area contributed by atoms with Crippen molar-refractivity contribution < 1.29 is 27.2 Å². The number of aromatic nitrogens is 1. The molecule has 0 radical (unpaired) electrons. The molecule has 0 aliphatic heterocycles. The molecule has 0 aliphatic carbocycles. The molecule has 2 N–H and O–H groups in total. The first-order valence-electron chi connectivity index (χ1n) is 3.87. The summed E-state index contributed by atoms with van der Waals surface area (Å²) in [4.78, 5) is 11.0. The molecule has 0 unspecified atom stereocenters. The molecule has 1 aromatic rings. The number of alkyl halides is 3. The minimum atomic E-state index is -4.80. The normalized spacial score (nSPS) is 11.5. The second kappa shape index (κ2) is 3.79. The van der Waals surface area contributed by atoms with Gasteiger partial charge in [0.15, 0.2) is 5.56 Å². The Morgan fingerprint density at radius 1 is 1.60 bits per heavy atom. The summed E-state index contributed by atoms with van der Waals surface area (Å²) in [5.41, 5.74) is 2.55. The monoisotopic (exact) mass is 224 g/mol. The number of halogens is 3. The van der Waals surface area contributed by atoms with Crippen molar-refractivity contribution in [2.45, 2.75) is 13.1 Å². The Labute approximate surface area is 82.0 Å². The number of nitrogen functional groups attached to an aromatic ring is 1. The van der Waals surface area contributed by atoms with Gasteiger partial charge >= 0.3 is 12.1 Å². The number of anilines is 1. The zero-order chi connectivity index (χ0) is 11.6. The number of hydrogen-bond acceptors (Lipinski definition) is 5. The number of esters is 1. The fourth-order valence-electron chi connectivity index (χ4n) is 0.916. The summed E-state index contributed by atoms with van der Waals surface area (Å²) in [7, 11) is 0. The fraction of sp³-hybridized carbons (Fsp3) is 0.429. The Morgan fingerprint density at radius 2 is 2.20 bits per heavy atom. The molecule has 0 spiro atoms. The van der Waals surface area contributed by atoms with E-state index in [1.807, 2.05) is 0 Å². The van der Waals surface area contributed by atoms with Crippen LogP contribution in [0.15, 0.2) is 4.52 Å². The average molecular weight is 224 g/mol. The highest BCUT2D eigenvalue weighted by molar-refractivity contribution is 5.90. The van der Waals surface area contributed by atoms with E-state index in [1.165, 1.54) is 6.92 Å². The van der Waals surface area contributed by atoms with Gasteiger partial charge in [-0.15, -0.1) is 0 Å². The molecule has 1 rings (SSSR count). The van der Waals surface area contributed by atoms with Crippen molar-refractivity contribution in [3.8, 4) is 0 Å². The molecule has 0 saturated heterocycles. The second-order valence-electron chi connectivity index (χ2n) is 2.49. The number of nitrogens with zero attached hydrogens (tertiary/aromatic N) is 1. The maximum atomic E-state index is 12.4. The van der Waals surface area contributed by atoms with Crippen LogP contribution in [0.3, 0.4) is 0 Å². The van der Waals surface area contributed by atoms with Crippen molar-refractivity contribution in [2.24, 2.45) is 0 Å². The average Bonchev–Trinajstić information content (AvgIpc) is 2.46. The van der Waals surface area contributed by atoms with Crippen LogP contribution in [-0.4, -0.2) is 17.7 Å². The predicted molar refractivity (Wildman–Crippen MR) is 41.9 cm³/mol. The molecular formula is C7H7F3N2O3. The van der Waals surface area contributed by atoms with Crippen molar-refractivity contribution in [2.75, 3.05) is 12.3 Å². The van der Waals surface area contributed by atoms with Gasteiger partial charge in [-0.2, -0.15) is 13.2 Å². The lowest BCUT2D eigenvalue weighted by atomic mass is 10.2. The van der Waals surface area contributed by atoms with Gasteiger partial charge in [0.2, 0.25) is 11.6 Å². The first kappa shape index (κ1) is 11.3. The maximum Gasteiger partial charge on any atom is 0.424 e. The standard InChI is InChI=1S/C7H7F3N2O3/c1-2-14-6(13)4-3(7(8,9)10)5(11)15-12-4/h2,11H2,1H3. The zero-order valence-corrected chi connectivity index (χ0v) is 7.59. The van der Waals surface area contributed by atoms with Crippen molar-refractivity contribution in [3.63, 3.8) is 0 Å². The molecule has 0 aliphatic rings. The fourth-order valence-corrected chi connectivity index (χ4v) is 0.916. The van der Waals surface area contributed by atoms with E-state index in [0.29, 0.717) is 0 Å². The highest BCUT2D eigenvalue weighted by atomic mass is 19.4. The van der Waals surface area contributed by atoms with Crippen LogP contribution in [0.4, 0.5) is 19.1 Å². The van der Waals surface area contributed by atoms with Gasteiger partial charge in [0.25, 0.3) is 0 Å². The van der Waals surface area contributed by atoms with Crippen molar-refractivity contribution in [3.05, 3.63) is 11.3 Å². The third-order valence-electron chi connectivity index (χ3n) is 1.47. The summed E-state index contributed by atoms with van der Waals surface area (Å²) in [6.45, 7) is 1.39. The van der Waals surface area contributed by atoms with Crippen LogP contribution in [0, 0.1) is 0 Å². The van der Waals surface area contributed by atoms with Crippen molar-refractivity contribution in [1.29, 1.82) is 0 Å². The van der Waals surface area contributed by atoms with Gasteiger partial charge in [-0.05, 0) is 6.92 Å². The largest absolute Gasteiger partial charge is 0.461 e. The minimum Gasteiger partial charge on any atom is -0.461 e. The van der Waals surface area contributed by atoms with Gasteiger partial charge in [-0.25, -0.2) is 4.79 Å². The Kier molecular flexibility index (Phi) is 2.87. The molecule has 84 valence electrons. The summed E-state index contributed by atoms with van der Waals surface area (Å²) < 4.78 is 45.5. The Bertz CT molecular complexity index is 372. The molecule has 0 atom stereocenters. The topological polar surface area (TPSA) is 78.3 Å². The summed E-state index contributed by atoms with van der Waals surface area (Å²) in [6.07, 6.45) is -4.80. The summed E-state index contributed by atoms with van der Waals surface area (Å²) in [5.74, 6) is -2.17. The first-order chi connectivity index (χ1) is 6.88. The van der Waals surface area contributed by atoms with E-state index in [4.69, 9.17) is 5.73 Å². The van der Waals surface area contributed by atoms with Crippen LogP contribution in [0.1, 0.15) is 23.0 Å². The first-order valence-corrected chi connectivity index (χ1v) is 3.87. The second-order valence-corrected chi connectivity index (χ2v) is 2.49. The molecule has 0 fully saturated rings. The number of nitrogens with two attached hydrogens (primary N) is 1. The van der Waals surface area contributed by atoms with Crippen molar-refractivity contribution in [1.82, 2.24) is 5.16 Å². The molecule has 15 heavy (non-hydrogen) atoms. The molecule has 0 saturated carbocycles. The molecule has 8 heteroatoms. The third kappa shape index (κ3) is 2.20. The lowest BCUT2D eigenvalue weighted by Crippen LogP contribution is -2.15. The molecule has 0 amide bonds. The SMILES string of the molecule is CCOC(=O)c1noc(N)c1C(F)(F)F. The lowest BCUT2D eigenvalue weighted by Gasteiger charge is -2.05. The van der Waals surface area contributed by atoms with Crippen molar-refractivity contribution >= 4 is 11.9 Å². The Hall–Kier alpha value is -1.73. The van der Waals surface area contributed by atoms with Gasteiger partial charge in [0, 0.05) is 0 Å². The molecule has 5 nitrogen and oxygen atoms in total. The smallest absolute Gasteiger partial charge is 0.424 e. The molecule has 0 aromatic carbocycles. The molecule has 0 bridgehead atoms. The summed E-state index contributed by atoms with van der Waals surface area (Å²) in [6, 6.07) is 0. The number of ether oxygens (including phenoxy) is 1. The van der Waals surface area contributed by atoms with E-state index >= 15 is 0 Å². The zero-order valence-electron chi connectivity index (χ0n) is 7.59. The third-order valence-corrected chi connectivity index (χ3v) is 1.47. The minimum absolute atomic E-state index is 0.0666. The van der Waals surface area contributed by atoms with E-state index in [1.54, 1.807) is 0 Å². The number of carbonyl (C=O) groups is 1. The predicted octanol–water partition coefficient (Wildman–Crippen LogP) is 1.45. The van der Waals surface area contributed by atoms with Gasteiger partial charge < -0.3 is 15.0 Å². The van der Waals surface area contributed by atoms with E-state index in [9.17, 15) is 18.0 Å². The number of rotatable bonds is 2. The molecule has 1 heterocycles. The van der Waals surface area contributed by atoms with Crippen LogP contribution < -0.4 is 5.73 Å². The number of carbonyl (C=O) groups excluding carboxylic acids is 1. The van der Waals surface area contributed by atoms with E-state index in [2.05, 4.69) is 14.4 Å². The van der Waals surface area contributed by atoms with Crippen LogP contribution in [0.5, 0.6) is 0 Å². The highest BCUT2D eigenvalue weighted by Gasteiger charge is 2.42. The molecular weight excluding hydrogens is 217 g/mol. The molecule has 1 aromatic heterocycles. The van der Waals surface area contributed by atoms with E-state index in [0.717, 1.165) is 0 Å². The van der Waals surface area contributed by atoms with Crippen LogP contribution in [0.2, 0.25) is 0 Å². The van der Waals surface area contributed by atoms with E-state index < -0.39 is 29.3 Å². The Morgan fingerprint density at radius 3 is 2.67 bits per heavy atom. The van der Waals surface area contributed by atoms with Gasteiger partial charge in [-0.1, -0.05) is 5.16 Å². The quantitative estimate of drug-likeness (QED) is 0.769. The van der Waals surface area contributed by atoms with E-state index in [-0.39, 0.29) is 6.61 Å². The lowest BCUT2D eigenvalue weighted by molar-refractivity contribution is -0.137. The summed E-state index contributed by atoms with van der Waals surface area (Å²) >= 11 is 0. The van der Waals surface area contributed by atoms with Crippen LogP contribution in [-0.2, 0) is 10.9 Å².